The average Bonchev–Trinajstić information content (AvgIpc) is 2.49. The Morgan fingerprint density at radius 2 is 2.26 bits per heavy atom. The summed E-state index contributed by atoms with van der Waals surface area (Å²) < 4.78 is 5.81. The third kappa shape index (κ3) is 6.26. The predicted molar refractivity (Wildman–Crippen MR) is 101 cm³/mol. The molecule has 2 N–H and O–H groups in total. The first-order chi connectivity index (χ1) is 10.9. The van der Waals surface area contributed by atoms with Gasteiger partial charge in [0.1, 0.15) is 0 Å². The van der Waals surface area contributed by atoms with E-state index in [1.807, 2.05) is 25.1 Å². The topological polar surface area (TPSA) is 36.5 Å². The number of halogens is 1. The van der Waals surface area contributed by atoms with Crippen LogP contribution < -0.4 is 10.6 Å². The lowest BCUT2D eigenvalue weighted by Gasteiger charge is -2.34. The van der Waals surface area contributed by atoms with Crippen molar-refractivity contribution >= 4 is 34.6 Å². The first-order valence-electron chi connectivity index (χ1n) is 8.09. The first-order valence-corrected chi connectivity index (χ1v) is 8.87. The zero-order valence-corrected chi connectivity index (χ0v) is 15.6. The summed E-state index contributed by atoms with van der Waals surface area (Å²) in [4.78, 5) is 2.46. The van der Waals surface area contributed by atoms with Crippen LogP contribution in [0.3, 0.4) is 0 Å². The Kier molecular flexibility index (Phi) is 7.09. The Labute approximate surface area is 149 Å². The molecule has 0 aliphatic carbocycles. The molecule has 0 unspecified atom stereocenters. The van der Waals surface area contributed by atoms with Gasteiger partial charge in [-0.25, -0.2) is 0 Å². The van der Waals surface area contributed by atoms with E-state index in [-0.39, 0.29) is 6.10 Å². The van der Waals surface area contributed by atoms with E-state index >= 15 is 0 Å². The van der Waals surface area contributed by atoms with Crippen LogP contribution in [-0.2, 0) is 4.74 Å². The van der Waals surface area contributed by atoms with Crippen molar-refractivity contribution in [1.29, 1.82) is 0 Å². The van der Waals surface area contributed by atoms with Gasteiger partial charge in [0.2, 0.25) is 0 Å². The minimum atomic E-state index is 0.170. The van der Waals surface area contributed by atoms with Gasteiger partial charge in [-0.2, -0.15) is 0 Å². The van der Waals surface area contributed by atoms with Gasteiger partial charge < -0.3 is 15.4 Å². The summed E-state index contributed by atoms with van der Waals surface area (Å²) >= 11 is 11.5. The van der Waals surface area contributed by atoms with Crippen molar-refractivity contribution in [2.24, 2.45) is 5.92 Å². The van der Waals surface area contributed by atoms with Gasteiger partial charge in [0.15, 0.2) is 5.11 Å². The minimum Gasteiger partial charge on any atom is -0.374 e. The second-order valence-corrected chi connectivity index (χ2v) is 7.26. The van der Waals surface area contributed by atoms with Crippen LogP contribution in [0.1, 0.15) is 19.4 Å². The highest BCUT2D eigenvalue weighted by Crippen LogP contribution is 2.19. The number of benzene rings is 1. The summed E-state index contributed by atoms with van der Waals surface area (Å²) in [7, 11) is 0. The first kappa shape index (κ1) is 18.5. The Balaban J connectivity index is 1.76. The molecule has 1 aliphatic heterocycles. The lowest BCUT2D eigenvalue weighted by molar-refractivity contribution is -0.0283. The second kappa shape index (κ2) is 8.83. The van der Waals surface area contributed by atoms with E-state index in [9.17, 15) is 0 Å². The van der Waals surface area contributed by atoms with Gasteiger partial charge in [-0.3, -0.25) is 4.90 Å². The number of aryl methyl sites for hydroxylation is 1. The van der Waals surface area contributed by atoms with Gasteiger partial charge in [0, 0.05) is 36.9 Å². The smallest absolute Gasteiger partial charge is 0.170 e. The second-order valence-electron chi connectivity index (χ2n) is 6.45. The molecule has 23 heavy (non-hydrogen) atoms. The summed E-state index contributed by atoms with van der Waals surface area (Å²) in [5.41, 5.74) is 1.95. The van der Waals surface area contributed by atoms with Gasteiger partial charge in [-0.05, 0) is 42.8 Å². The molecule has 4 nitrogen and oxygen atoms in total. The van der Waals surface area contributed by atoms with Gasteiger partial charge in [-0.1, -0.05) is 31.5 Å². The lowest BCUT2D eigenvalue weighted by atomic mass is 10.2. The van der Waals surface area contributed by atoms with Gasteiger partial charge in [0.05, 0.1) is 12.7 Å². The van der Waals surface area contributed by atoms with E-state index in [2.05, 4.69) is 29.4 Å². The number of thiocarbonyl (C=S) groups is 1. The van der Waals surface area contributed by atoms with Crippen molar-refractivity contribution < 1.29 is 4.74 Å². The SMILES string of the molecule is Cc1ccc(NC(=S)NC[C@@H]2CN(CC(C)C)CCO2)cc1Cl. The van der Waals surface area contributed by atoms with Crippen LogP contribution in [0.4, 0.5) is 5.69 Å². The number of nitrogens with one attached hydrogen (secondary N) is 2. The van der Waals surface area contributed by atoms with Gasteiger partial charge in [0.25, 0.3) is 0 Å². The molecule has 1 heterocycles. The molecule has 0 spiro atoms. The van der Waals surface area contributed by atoms with Crippen LogP contribution in [0.2, 0.25) is 5.02 Å². The van der Waals surface area contributed by atoms with Crippen molar-refractivity contribution in [2.75, 3.05) is 38.1 Å². The molecular formula is C17H26ClN3OS. The van der Waals surface area contributed by atoms with E-state index in [4.69, 9.17) is 28.6 Å². The summed E-state index contributed by atoms with van der Waals surface area (Å²) in [5, 5.41) is 7.72. The zero-order valence-electron chi connectivity index (χ0n) is 14.1. The molecule has 0 bridgehead atoms. The van der Waals surface area contributed by atoms with Crippen LogP contribution in [0, 0.1) is 12.8 Å². The molecule has 6 heteroatoms. The monoisotopic (exact) mass is 355 g/mol. The van der Waals surface area contributed by atoms with Crippen LogP contribution in [0.25, 0.3) is 0 Å². The number of rotatable bonds is 5. The Bertz CT molecular complexity index is 539. The van der Waals surface area contributed by atoms with E-state index in [1.165, 1.54) is 0 Å². The molecule has 0 aromatic heterocycles. The van der Waals surface area contributed by atoms with Crippen molar-refractivity contribution in [2.45, 2.75) is 26.9 Å². The predicted octanol–water partition coefficient (Wildman–Crippen LogP) is 3.29. The summed E-state index contributed by atoms with van der Waals surface area (Å²) in [5.74, 6) is 0.677. The van der Waals surface area contributed by atoms with Crippen molar-refractivity contribution in [3.8, 4) is 0 Å². The standard InChI is InChI=1S/C17H26ClN3OS/c1-12(2)10-21-6-7-22-15(11-21)9-19-17(23)20-14-5-4-13(3)16(18)8-14/h4-5,8,12,15H,6-7,9-11H2,1-3H3,(H2,19,20,23)/t15-/m1/s1. The number of morpholine rings is 1. The van der Waals surface area contributed by atoms with Crippen molar-refractivity contribution in [3.63, 3.8) is 0 Å². The summed E-state index contributed by atoms with van der Waals surface area (Å²) in [6.45, 7) is 11.0. The number of hydrogen-bond acceptors (Lipinski definition) is 3. The highest BCUT2D eigenvalue weighted by molar-refractivity contribution is 7.80. The number of anilines is 1. The molecule has 2 rings (SSSR count). The molecule has 1 aromatic rings. The maximum absolute atomic E-state index is 6.12. The maximum atomic E-state index is 6.12. The third-order valence-corrected chi connectivity index (χ3v) is 4.42. The highest BCUT2D eigenvalue weighted by atomic mass is 35.5. The van der Waals surface area contributed by atoms with Gasteiger partial charge >= 0.3 is 0 Å². The van der Waals surface area contributed by atoms with Crippen LogP contribution in [0.5, 0.6) is 0 Å². The molecule has 1 aliphatic rings. The number of nitrogens with zero attached hydrogens (tertiary/aromatic N) is 1. The Morgan fingerprint density at radius 1 is 1.48 bits per heavy atom. The number of hydrogen-bond donors (Lipinski definition) is 2. The average molecular weight is 356 g/mol. The molecular weight excluding hydrogens is 330 g/mol. The van der Waals surface area contributed by atoms with E-state index in [0.717, 1.165) is 42.5 Å². The number of ether oxygens (including phenoxy) is 1. The quantitative estimate of drug-likeness (QED) is 0.793. The molecule has 128 valence electrons. The largest absolute Gasteiger partial charge is 0.374 e. The molecule has 0 saturated carbocycles. The van der Waals surface area contributed by atoms with Crippen LogP contribution in [-0.4, -0.2) is 48.9 Å². The maximum Gasteiger partial charge on any atom is 0.170 e. The van der Waals surface area contributed by atoms with Crippen LogP contribution in [0.15, 0.2) is 18.2 Å². The fraction of sp³-hybridized carbons (Fsp3) is 0.588. The molecule has 0 amide bonds. The third-order valence-electron chi connectivity index (χ3n) is 3.77. The van der Waals surface area contributed by atoms with Crippen molar-refractivity contribution in [1.82, 2.24) is 10.2 Å². The lowest BCUT2D eigenvalue weighted by Crippen LogP contribution is -2.48. The molecule has 1 aromatic carbocycles. The molecule has 0 radical (unpaired) electrons. The van der Waals surface area contributed by atoms with Crippen molar-refractivity contribution in [3.05, 3.63) is 28.8 Å². The fourth-order valence-corrected chi connectivity index (χ4v) is 3.02. The molecule has 1 fully saturated rings. The minimum absolute atomic E-state index is 0.170. The highest BCUT2D eigenvalue weighted by Gasteiger charge is 2.20. The fourth-order valence-electron chi connectivity index (χ4n) is 2.64. The van der Waals surface area contributed by atoms with Gasteiger partial charge in [-0.15, -0.1) is 0 Å². The summed E-state index contributed by atoms with van der Waals surface area (Å²) in [6.07, 6.45) is 0.170. The Morgan fingerprint density at radius 3 is 2.96 bits per heavy atom. The van der Waals surface area contributed by atoms with E-state index in [1.54, 1.807) is 0 Å². The summed E-state index contributed by atoms with van der Waals surface area (Å²) in [6, 6.07) is 5.82. The normalized spacial score (nSPS) is 18.9. The molecule has 1 saturated heterocycles. The Hall–Kier alpha value is -0.880. The van der Waals surface area contributed by atoms with E-state index < -0.39 is 0 Å². The zero-order chi connectivity index (χ0) is 16.8. The van der Waals surface area contributed by atoms with E-state index in [0.29, 0.717) is 17.6 Å². The molecule has 1 atom stereocenters. The van der Waals surface area contributed by atoms with Crippen LogP contribution >= 0.6 is 23.8 Å².